The van der Waals surface area contributed by atoms with E-state index in [-0.39, 0.29) is 294 Å². The van der Waals surface area contributed by atoms with Crippen LogP contribution in [0.3, 0.4) is 0 Å². The van der Waals surface area contributed by atoms with Gasteiger partial charge in [-0.25, -0.2) is 7.29 Å². The SMILES string of the molecule is C=C1[C@H](C)C[C@@]2(C)OCC(=NOC[CH2-])CO[C@H]([C@H]1C)[C@](C)(O)[C@@H](CC)OC(=O)[C-](C)C(=O)[C@H](C)[C@H]2O[C@@H]1O[C@H](C)C[C@H](N(C)C)[C@H]1OC.[3H][CH2-].[W].[W].[W].[W].[W].[W].[W].[W].[W].[W].[Y]. The number of cyclic esters (lactones) is 1. The van der Waals surface area contributed by atoms with Crippen molar-refractivity contribution in [3.05, 3.63) is 32.4 Å². The Balaban J connectivity index is -0.000000246. The quantitative estimate of drug-likeness (QED) is 0.169. The number of carbonyl (C=O) groups excluding carboxylic acids is 2. The fourth-order valence-corrected chi connectivity index (χ4v) is 7.56. The summed E-state index contributed by atoms with van der Waals surface area (Å²) in [5.74, 6) is -2.88. The van der Waals surface area contributed by atoms with E-state index in [2.05, 4.69) is 31.0 Å². The molecule has 0 amide bonds. The van der Waals surface area contributed by atoms with Gasteiger partial charge in [0.15, 0.2) is 12.3 Å². The molecule has 3 aliphatic heterocycles. The first kappa shape index (κ1) is 85.8. The molecular weight excluding hydrogens is 2560 g/mol. The number of oxime groups is 1. The van der Waals surface area contributed by atoms with Crippen molar-refractivity contribution >= 4 is 17.5 Å². The fraction of sp³-hybridized carbons (Fsp3) is 0.784. The Bertz CT molecular complexity index is 1200. The number of rotatable bonds is 7. The Hall–Kier alpha value is 5.93. The molecule has 1 radical (unpaired) electrons. The van der Waals surface area contributed by atoms with E-state index in [0.29, 0.717) is 12.1 Å². The van der Waals surface area contributed by atoms with Gasteiger partial charge in [-0.15, -0.1) is 0 Å². The normalized spacial score (nSPS) is 33.6. The molecule has 0 unspecified atom stereocenters. The molecule has 0 aromatic rings. The largest absolute Gasteiger partial charge is 0.481 e. The first-order valence-corrected chi connectivity index (χ1v) is 17.2. The number of methoxy groups -OCH3 is 1. The fourth-order valence-electron chi connectivity index (χ4n) is 7.56. The molecule has 347 valence electrons. The number of hydrogen-bond acceptors (Lipinski definition) is 12. The van der Waals surface area contributed by atoms with Crippen molar-refractivity contribution in [2.24, 2.45) is 22.9 Å². The minimum atomic E-state index is -1.67. The Morgan fingerprint density at radius 2 is 1.53 bits per heavy atom. The number of fused-ring (bicyclic) bond motifs is 5. The van der Waals surface area contributed by atoms with E-state index in [1.165, 1.54) is 6.92 Å². The third-order valence-corrected chi connectivity index (χ3v) is 10.5. The molecule has 0 aromatic heterocycles. The van der Waals surface area contributed by atoms with Crippen molar-refractivity contribution in [1.29, 1.82) is 0 Å². The molecule has 3 fully saturated rings. The van der Waals surface area contributed by atoms with Crippen LogP contribution in [0.4, 0.5) is 0 Å². The van der Waals surface area contributed by atoms with Crippen LogP contribution in [-0.2, 0) is 286 Å². The summed E-state index contributed by atoms with van der Waals surface area (Å²) in [7, 11) is 8.08. The van der Waals surface area contributed by atoms with E-state index in [1.807, 2.05) is 41.8 Å². The summed E-state index contributed by atoms with van der Waals surface area (Å²) in [6, 6.07) is -0.0243. The first-order valence-electron chi connectivity index (χ1n) is 17.9. The number of nitrogens with zero attached hydrogens (tertiary/aromatic N) is 2. The van der Waals surface area contributed by atoms with Gasteiger partial charge in [0.25, 0.3) is 0 Å². The van der Waals surface area contributed by atoms with Crippen LogP contribution < -0.4 is 0 Å². The van der Waals surface area contributed by atoms with Crippen molar-refractivity contribution in [1.82, 2.24) is 4.90 Å². The predicted molar refractivity (Wildman–Crippen MR) is 187 cm³/mol. The van der Waals surface area contributed by atoms with E-state index in [0.717, 1.165) is 12.0 Å². The second-order valence-electron chi connectivity index (χ2n) is 14.4. The van der Waals surface area contributed by atoms with Crippen LogP contribution in [0.2, 0.25) is 0 Å². The van der Waals surface area contributed by atoms with Gasteiger partial charge in [0.1, 0.15) is 23.5 Å². The van der Waals surface area contributed by atoms with Crippen molar-refractivity contribution in [3.8, 4) is 0 Å². The average molecular weight is 2630 g/mol. The number of ether oxygens (including phenoxy) is 6. The molecular formula is C37H63N2O10W10Y-3. The molecule has 12 atom stereocenters. The van der Waals surface area contributed by atoms with E-state index in [1.54, 1.807) is 27.9 Å². The summed E-state index contributed by atoms with van der Waals surface area (Å²) in [4.78, 5) is 35.3. The number of esters is 1. The van der Waals surface area contributed by atoms with Gasteiger partial charge < -0.3 is 62.4 Å². The van der Waals surface area contributed by atoms with Crippen molar-refractivity contribution < 1.29 is 293 Å². The summed E-state index contributed by atoms with van der Waals surface area (Å²) in [6.07, 6.45) is -2.94. The molecule has 3 rings (SSSR count). The zero-order valence-corrected chi connectivity index (χ0v) is 68.5. The Kier molecular flexibility index (Phi) is 59.4. The molecule has 0 saturated carbocycles. The van der Waals surface area contributed by atoms with Gasteiger partial charge in [-0.3, -0.25) is 4.79 Å². The predicted octanol–water partition coefficient (Wildman–Crippen LogP) is 4.36. The van der Waals surface area contributed by atoms with Crippen LogP contribution in [0.5, 0.6) is 0 Å². The molecule has 3 heterocycles. The number of carbonyl (C=O) groups is 2. The van der Waals surface area contributed by atoms with Crippen molar-refractivity contribution in [3.63, 3.8) is 0 Å². The minimum Gasteiger partial charge on any atom is -0.481 e. The summed E-state index contributed by atoms with van der Waals surface area (Å²) in [5, 5.41) is 16.3. The number of aliphatic hydroxyl groups is 1. The van der Waals surface area contributed by atoms with Gasteiger partial charge in [0, 0.05) is 274 Å². The maximum absolute atomic E-state index is 14.3. The van der Waals surface area contributed by atoms with Crippen LogP contribution in [0.15, 0.2) is 17.3 Å². The monoisotopic (exact) mass is 2630 g/mol. The van der Waals surface area contributed by atoms with Crippen LogP contribution in [0.1, 0.15) is 76.0 Å². The van der Waals surface area contributed by atoms with Gasteiger partial charge in [0.2, 0.25) is 0 Å². The molecule has 3 saturated heterocycles. The zero-order chi connectivity index (χ0) is 38.1. The topological polar surface area (TPSA) is 135 Å². The molecule has 60 heavy (non-hydrogen) atoms. The Morgan fingerprint density at radius 1 is 1.00 bits per heavy atom. The smallest absolute Gasteiger partial charge is 0.186 e. The molecule has 23 heteroatoms. The maximum Gasteiger partial charge on any atom is 0.186 e. The van der Waals surface area contributed by atoms with Gasteiger partial charge in [0.05, 0.1) is 37.1 Å². The van der Waals surface area contributed by atoms with Gasteiger partial charge >= 0.3 is 0 Å². The molecule has 0 aliphatic carbocycles. The summed E-state index contributed by atoms with van der Waals surface area (Å²) >= 11 is 0. The minimum absolute atomic E-state index is 0. The van der Waals surface area contributed by atoms with E-state index in [9.17, 15) is 14.7 Å². The van der Waals surface area contributed by atoms with Crippen LogP contribution >= 0.6 is 0 Å². The Morgan fingerprint density at radius 3 is 2.00 bits per heavy atom. The second-order valence-corrected chi connectivity index (χ2v) is 14.4. The molecule has 0 aromatic carbocycles. The summed E-state index contributed by atoms with van der Waals surface area (Å²) in [5.41, 5.74) is -1.63. The third kappa shape index (κ3) is 23.4. The summed E-state index contributed by atoms with van der Waals surface area (Å²) < 4.78 is 43.8. The zero-order valence-electron chi connectivity index (χ0n) is 37.3. The molecule has 1 N–H and O–H groups in total. The molecule has 3 aliphatic rings. The number of Topliss-reactive ketones (excluding diaryl/α,β-unsaturated/α-hetero) is 1. The van der Waals surface area contributed by atoms with Gasteiger partial charge in [-0.05, 0) is 66.7 Å². The molecule has 2 bridgehead atoms. The van der Waals surface area contributed by atoms with Crippen molar-refractivity contribution in [2.75, 3.05) is 41.0 Å². The van der Waals surface area contributed by atoms with E-state index < -0.39 is 65.5 Å². The van der Waals surface area contributed by atoms with Crippen LogP contribution in [0.25, 0.3) is 0 Å². The third-order valence-electron chi connectivity index (χ3n) is 10.5. The maximum atomic E-state index is 14.3. The second kappa shape index (κ2) is 41.5. The average Bonchev–Trinajstić information content (AvgIpc) is 3.09. The van der Waals surface area contributed by atoms with E-state index >= 15 is 0 Å². The molecule has 12 nitrogen and oxygen atoms in total. The van der Waals surface area contributed by atoms with Crippen LogP contribution in [-0.4, -0.2) is 123 Å². The standard InChI is InChI=1S/C36H60N2O10.CH3.10W.Y/c1-14-28-36(10,41)32-23(6)22(5)20(3)17-35(9,44-19-26(18-43-32)37-45-15-2)31(24(7)29(39)25(8)33(40)47-28)48-34-30(42-13)27(38(11)12)16-21(4)46-34;;;;;;;;;;;;/h20-21,23-24,27-28,30-32,34,41H,2,5,14-19H2,1,3-4,6-13H3;1H3;;;;;;;;;;;/q-2;-1;;;;;;;;;;;/t20-,21-,23+,24+,27+,28-,30-,31-,32-,34+,35-,36-;;;;;;;;;;;;/m1............/s1/i;1T;;;;;;;;;;;. The van der Waals surface area contributed by atoms with Gasteiger partial charge in [-0.2, -0.15) is 6.92 Å². The summed E-state index contributed by atoms with van der Waals surface area (Å²) in [6.45, 7) is 22.6. The van der Waals surface area contributed by atoms with Gasteiger partial charge in [-0.1, -0.05) is 45.0 Å². The van der Waals surface area contributed by atoms with Crippen LogP contribution in [0, 0.1) is 38.0 Å². The first-order chi connectivity index (χ1) is 23.4. The Labute approximate surface area is 531 Å². The number of likely N-dealkylation sites (N-methyl/N-ethyl adjacent to an activating group) is 1. The number of ketones is 1. The van der Waals surface area contributed by atoms with Crippen molar-refractivity contribution in [2.45, 2.75) is 129 Å². The molecule has 0 spiro atoms. The van der Waals surface area contributed by atoms with E-state index in [4.69, 9.17) is 34.6 Å². The number of hydrogen-bond donors (Lipinski definition) is 1.